The summed E-state index contributed by atoms with van der Waals surface area (Å²) in [5.41, 5.74) is 1.42. The summed E-state index contributed by atoms with van der Waals surface area (Å²) in [6.07, 6.45) is 1.40. The molecule has 2 aromatic rings. The van der Waals surface area contributed by atoms with Gasteiger partial charge in [-0.2, -0.15) is 0 Å². The van der Waals surface area contributed by atoms with Crippen molar-refractivity contribution in [1.29, 1.82) is 0 Å². The molecule has 0 atom stereocenters. The lowest BCUT2D eigenvalue weighted by Crippen LogP contribution is -2.36. The minimum atomic E-state index is -0.611. The number of hydrogen-bond donors (Lipinski definition) is 1. The molecule has 1 N–H and O–H groups in total. The number of amides is 3. The molecule has 2 fully saturated rings. The molecule has 2 heterocycles. The first-order valence-electron chi connectivity index (χ1n) is 9.62. The highest BCUT2D eigenvalue weighted by molar-refractivity contribution is 6.13. The second kappa shape index (κ2) is 8.52. The van der Waals surface area contributed by atoms with Crippen LogP contribution in [0.3, 0.4) is 0 Å². The maximum atomic E-state index is 13.1. The Hall–Kier alpha value is -3.79. The number of hydrogen-bond acceptors (Lipinski definition) is 6. The molecule has 10 heteroatoms. The largest absolute Gasteiger partial charge is 0.378 e. The Balaban J connectivity index is 1.57. The van der Waals surface area contributed by atoms with Crippen molar-refractivity contribution in [3.63, 3.8) is 0 Å². The number of ether oxygens (including phenoxy) is 1. The van der Waals surface area contributed by atoms with Gasteiger partial charge in [0.2, 0.25) is 0 Å². The van der Waals surface area contributed by atoms with E-state index in [0.29, 0.717) is 43.1 Å². The van der Waals surface area contributed by atoms with Crippen LogP contribution in [0.1, 0.15) is 11.1 Å². The van der Waals surface area contributed by atoms with Crippen molar-refractivity contribution in [3.05, 3.63) is 75.2 Å². The van der Waals surface area contributed by atoms with Gasteiger partial charge in [0, 0.05) is 19.2 Å². The molecule has 0 spiro atoms. The summed E-state index contributed by atoms with van der Waals surface area (Å²) < 4.78 is 18.4. The van der Waals surface area contributed by atoms with Crippen molar-refractivity contribution >= 4 is 29.4 Å². The number of carbonyl (C=O) groups excluding carboxylic acids is 2. The highest BCUT2D eigenvalue weighted by Crippen LogP contribution is 2.31. The number of nitrogens with zero attached hydrogens (tertiary/aromatic N) is 3. The van der Waals surface area contributed by atoms with Gasteiger partial charge in [-0.1, -0.05) is 18.2 Å². The third kappa shape index (κ3) is 4.38. The zero-order valence-corrected chi connectivity index (χ0v) is 16.4. The van der Waals surface area contributed by atoms with E-state index >= 15 is 0 Å². The molecule has 9 nitrogen and oxygen atoms in total. The first-order valence-corrected chi connectivity index (χ1v) is 9.62. The Morgan fingerprint density at radius 2 is 1.84 bits per heavy atom. The normalized spacial score (nSPS) is 17.9. The van der Waals surface area contributed by atoms with E-state index in [9.17, 15) is 24.1 Å². The second-order valence-electron chi connectivity index (χ2n) is 7.11. The van der Waals surface area contributed by atoms with Gasteiger partial charge < -0.3 is 15.0 Å². The van der Waals surface area contributed by atoms with Crippen molar-refractivity contribution < 1.29 is 23.6 Å². The molecule has 2 aliphatic heterocycles. The number of urea groups is 1. The number of nitro benzene ring substituents is 1. The van der Waals surface area contributed by atoms with E-state index in [-0.39, 0.29) is 17.9 Å². The van der Waals surface area contributed by atoms with Crippen LogP contribution in [0.2, 0.25) is 0 Å². The van der Waals surface area contributed by atoms with Crippen LogP contribution in [0.5, 0.6) is 0 Å². The number of nitrogens with one attached hydrogen (secondary N) is 1. The molecule has 0 bridgehead atoms. The number of halogens is 1. The van der Waals surface area contributed by atoms with Gasteiger partial charge in [-0.25, -0.2) is 9.18 Å². The van der Waals surface area contributed by atoms with E-state index in [1.54, 1.807) is 12.1 Å². The molecule has 0 aromatic heterocycles. The van der Waals surface area contributed by atoms with E-state index in [2.05, 4.69) is 5.32 Å². The lowest BCUT2D eigenvalue weighted by molar-refractivity contribution is -0.384. The fourth-order valence-corrected chi connectivity index (χ4v) is 3.50. The fourth-order valence-electron chi connectivity index (χ4n) is 3.50. The van der Waals surface area contributed by atoms with Gasteiger partial charge in [0.1, 0.15) is 17.2 Å². The first kappa shape index (κ1) is 20.5. The number of morpholine rings is 1. The van der Waals surface area contributed by atoms with E-state index in [4.69, 9.17) is 4.74 Å². The van der Waals surface area contributed by atoms with Gasteiger partial charge in [-0.15, -0.1) is 0 Å². The molecule has 0 saturated carbocycles. The molecule has 160 valence electrons. The number of imide groups is 1. The Bertz CT molecular complexity index is 1060. The Kier molecular flexibility index (Phi) is 5.63. The van der Waals surface area contributed by atoms with Crippen molar-refractivity contribution in [2.75, 3.05) is 31.2 Å². The molecule has 2 saturated heterocycles. The van der Waals surface area contributed by atoms with Crippen molar-refractivity contribution in [2.45, 2.75) is 6.54 Å². The predicted octanol–water partition coefficient (Wildman–Crippen LogP) is 2.66. The summed E-state index contributed by atoms with van der Waals surface area (Å²) in [4.78, 5) is 38.9. The number of rotatable bonds is 5. The highest BCUT2D eigenvalue weighted by Gasteiger charge is 2.33. The van der Waals surface area contributed by atoms with Gasteiger partial charge in [-0.3, -0.25) is 19.8 Å². The predicted molar refractivity (Wildman–Crippen MR) is 110 cm³/mol. The fraction of sp³-hybridized carbons (Fsp3) is 0.238. The number of carbonyl (C=O) groups is 2. The molecule has 2 aliphatic rings. The second-order valence-corrected chi connectivity index (χ2v) is 7.11. The summed E-state index contributed by atoms with van der Waals surface area (Å²) in [6, 6.07) is 9.54. The zero-order chi connectivity index (χ0) is 22.0. The van der Waals surface area contributed by atoms with E-state index in [1.807, 2.05) is 4.90 Å². The molecule has 0 aliphatic carbocycles. The molecule has 31 heavy (non-hydrogen) atoms. The maximum Gasteiger partial charge on any atom is 0.329 e. The molecule has 3 amide bonds. The SMILES string of the molecule is O=C1N/C(=C/c2ccc(N3CCOCC3)c([N+](=O)[O-])c2)C(=O)N1Cc1ccc(F)cc1. The maximum absolute atomic E-state index is 13.1. The van der Waals surface area contributed by atoms with Gasteiger partial charge >= 0.3 is 6.03 Å². The molecular weight excluding hydrogens is 407 g/mol. The van der Waals surface area contributed by atoms with E-state index < -0.39 is 22.7 Å². The standard InChI is InChI=1S/C21H19FN4O5/c22-16-4-1-14(2-5-16)13-25-20(27)17(23-21(25)28)11-15-3-6-18(19(12-15)26(29)30)24-7-9-31-10-8-24/h1-6,11-12H,7-10,13H2,(H,23,28)/b17-11+. The number of anilines is 1. The summed E-state index contributed by atoms with van der Waals surface area (Å²) in [5.74, 6) is -0.974. The minimum Gasteiger partial charge on any atom is -0.378 e. The van der Waals surface area contributed by atoms with Gasteiger partial charge in [0.25, 0.3) is 11.6 Å². The van der Waals surface area contributed by atoms with Crippen LogP contribution < -0.4 is 10.2 Å². The van der Waals surface area contributed by atoms with Crippen molar-refractivity contribution in [1.82, 2.24) is 10.2 Å². The van der Waals surface area contributed by atoms with Crippen LogP contribution in [-0.2, 0) is 16.1 Å². The van der Waals surface area contributed by atoms with Gasteiger partial charge in [-0.05, 0) is 35.4 Å². The van der Waals surface area contributed by atoms with Crippen LogP contribution in [0.4, 0.5) is 20.6 Å². The highest BCUT2D eigenvalue weighted by atomic mass is 19.1. The Morgan fingerprint density at radius 1 is 1.13 bits per heavy atom. The van der Waals surface area contributed by atoms with Crippen molar-refractivity contribution in [2.24, 2.45) is 0 Å². The third-order valence-corrected chi connectivity index (χ3v) is 5.08. The number of nitro groups is 1. The summed E-state index contributed by atoms with van der Waals surface area (Å²) in [7, 11) is 0. The molecule has 0 radical (unpaired) electrons. The quantitative estimate of drug-likeness (QED) is 0.341. The van der Waals surface area contributed by atoms with Gasteiger partial charge in [0.15, 0.2) is 0 Å². The van der Waals surface area contributed by atoms with Crippen LogP contribution >= 0.6 is 0 Å². The van der Waals surface area contributed by atoms with Crippen LogP contribution in [0.25, 0.3) is 6.08 Å². The Labute approximate surface area is 176 Å². The lowest BCUT2D eigenvalue weighted by Gasteiger charge is -2.28. The molecule has 2 aromatic carbocycles. The zero-order valence-electron chi connectivity index (χ0n) is 16.4. The van der Waals surface area contributed by atoms with Gasteiger partial charge in [0.05, 0.1) is 24.7 Å². The average Bonchev–Trinajstić information content (AvgIpc) is 3.03. The monoisotopic (exact) mass is 426 g/mol. The summed E-state index contributed by atoms with van der Waals surface area (Å²) >= 11 is 0. The van der Waals surface area contributed by atoms with Crippen LogP contribution in [0.15, 0.2) is 48.2 Å². The average molecular weight is 426 g/mol. The van der Waals surface area contributed by atoms with Crippen LogP contribution in [-0.4, -0.2) is 48.1 Å². The molecular formula is C21H19FN4O5. The van der Waals surface area contributed by atoms with E-state index in [0.717, 1.165) is 4.90 Å². The van der Waals surface area contributed by atoms with Crippen molar-refractivity contribution in [3.8, 4) is 0 Å². The molecule has 0 unspecified atom stereocenters. The van der Waals surface area contributed by atoms with Crippen LogP contribution in [0, 0.1) is 15.9 Å². The first-order chi connectivity index (χ1) is 14.9. The Morgan fingerprint density at radius 3 is 2.52 bits per heavy atom. The number of benzene rings is 2. The summed E-state index contributed by atoms with van der Waals surface area (Å²) in [5, 5.41) is 14.1. The smallest absolute Gasteiger partial charge is 0.329 e. The topological polar surface area (TPSA) is 105 Å². The lowest BCUT2D eigenvalue weighted by atomic mass is 10.1. The summed E-state index contributed by atoms with van der Waals surface area (Å²) in [6.45, 7) is 2.07. The molecule has 4 rings (SSSR count). The third-order valence-electron chi connectivity index (χ3n) is 5.08. The van der Waals surface area contributed by atoms with E-state index in [1.165, 1.54) is 36.4 Å². The minimum absolute atomic E-state index is 0.0144.